The van der Waals surface area contributed by atoms with Crippen LogP contribution in [0.3, 0.4) is 0 Å². The Hall–Kier alpha value is -8.76. The van der Waals surface area contributed by atoms with Gasteiger partial charge in [-0.05, 0) is 67.9 Å². The number of methoxy groups -OCH3 is 1. The summed E-state index contributed by atoms with van der Waals surface area (Å²) in [7, 11) is 3.05. The Morgan fingerprint density at radius 2 is 1.33 bits per heavy atom. The number of aliphatic hydroxyl groups is 1. The molecule has 46 heteroatoms. The molecule has 9 amide bonds. The summed E-state index contributed by atoms with van der Waals surface area (Å²) in [4.78, 5) is 154. The fraction of sp³-hybridized carbons (Fsp3) is 0.573. The van der Waals surface area contributed by atoms with E-state index in [1.165, 1.54) is 42.0 Å². The molecule has 6 heterocycles. The highest BCUT2D eigenvalue weighted by molar-refractivity contribution is 8.44. The zero-order valence-corrected chi connectivity index (χ0v) is 71.0. The largest absolute Gasteiger partial charge is 0.474 e. The lowest BCUT2D eigenvalue weighted by Gasteiger charge is -2.26. The third-order valence-corrected chi connectivity index (χ3v) is 22.1. The van der Waals surface area contributed by atoms with Crippen LogP contribution in [0, 0.1) is 11.8 Å². The number of aromatic amines is 1. The average Bonchev–Trinajstić information content (AvgIpc) is 1.60. The highest BCUT2D eigenvalue weighted by Gasteiger charge is 2.51. The molecule has 2 aromatic carbocycles. The molecule has 3 fully saturated rings. The van der Waals surface area contributed by atoms with Crippen LogP contribution in [0.2, 0.25) is 0 Å². The third kappa shape index (κ3) is 31.2. The maximum Gasteiger partial charge on any atom is 0.410 e. The van der Waals surface area contributed by atoms with Crippen LogP contribution in [0.15, 0.2) is 90.4 Å². The zero-order chi connectivity index (χ0) is 86.9. The van der Waals surface area contributed by atoms with E-state index in [4.69, 9.17) is 70.2 Å². The van der Waals surface area contributed by atoms with Gasteiger partial charge in [-0.15, -0.1) is 0 Å². The molecule has 4 aliphatic rings. The van der Waals surface area contributed by atoms with E-state index in [1.54, 1.807) is 69.5 Å². The molecule has 2 bridgehead atoms. The summed E-state index contributed by atoms with van der Waals surface area (Å²) in [5.74, 6) is -6.34. The van der Waals surface area contributed by atoms with E-state index in [2.05, 4.69) is 81.3 Å². The first-order valence-corrected chi connectivity index (χ1v) is 44.5. The smallest absolute Gasteiger partial charge is 0.410 e. The number of rotatable bonds is 48. The minimum Gasteiger partial charge on any atom is -0.474 e. The number of imidazole rings is 1. The molecule has 121 heavy (non-hydrogen) atoms. The fourth-order valence-electron chi connectivity index (χ4n) is 12.5. The average molecular weight is 1780 g/mol. The van der Waals surface area contributed by atoms with Gasteiger partial charge in [0, 0.05) is 81.7 Å². The summed E-state index contributed by atoms with van der Waals surface area (Å²) in [6.45, 7) is -0.0351. The molecule has 664 valence electrons. The van der Waals surface area contributed by atoms with Gasteiger partial charge in [-0.2, -0.15) is 4.98 Å². The Morgan fingerprint density at radius 3 is 1.97 bits per heavy atom. The van der Waals surface area contributed by atoms with Crippen molar-refractivity contribution in [2.45, 2.75) is 127 Å². The van der Waals surface area contributed by atoms with Gasteiger partial charge in [0.15, 0.2) is 17.4 Å². The number of aliphatic hydroxyl groups excluding tert-OH is 1. The SMILES string of the molecule is COCCOCCOCCOCCOCCOCCOCCOCCC(=O)N[C@@H](CCCCNC(=O)CN1C(=O)C=CC1=O)C(=O)N[C@H](C(=O)N[C@@H](C)C(=O)Nc1ccc(COC(=O)N(C)Cc2ccccc2C(=O)Nc2nc3c(ncn3[C@@H]3O[C@H]4CO[P@@](=O)(S)O[C@H]5C[C@H](Oc6ccncn6)C[C@@H]5CO[P@@](=O)(S)O[C@@H]3[C@@H]4O)c(=O)[nH]2)cc1)C(C)C. The van der Waals surface area contributed by atoms with E-state index >= 15 is 0 Å². The van der Waals surface area contributed by atoms with Crippen molar-refractivity contribution in [1.82, 2.24) is 60.6 Å². The lowest BCUT2D eigenvalue weighted by Crippen LogP contribution is -2.57. The monoisotopic (exact) mass is 1770 g/mol. The fourth-order valence-corrected chi connectivity index (χ4v) is 15.6. The van der Waals surface area contributed by atoms with Crippen LogP contribution in [0.1, 0.15) is 87.0 Å². The standard InChI is InChI=1S/C75H104N14O28P2S2/c1-47(2)63(83-70(97)55(12-8-9-21-77-59(91)41-88-61(92)17-18-62(88)93)82-58(90)20-23-104-26-27-106-30-31-108-34-35-110-37-36-109-33-32-107-29-28-105-25-24-103-5)71(98)80-48(3)68(95)81-52-15-13-49(14-16-52)42-111-75(100)87(4)40-50-10-6-7-11-54(50)69(96)85-74-84-67-64(72(99)86-74)79-46-89(67)73-66-65(94)57(115-73)44-113-118(101,120)116-56-39-53(114-60-19-22-76-45-78-60)38-51(56)43-112-119(102,121)117-66/h6-7,10-11,13-19,22,45-48,51,53,55-57,63,65-66,73,94H,8-9,12,20-21,23-44H2,1-5H3,(H,77,91)(H,80,98)(H,81,95)(H,82,90)(H,83,97)(H,101,120)(H,102,121)(H2,84,85,86,96,99)/t48-,51+,53+,55-,56-,57-,63-,65+,66+,73+,118+,119+/m0/s1. The normalized spacial score (nSPS) is 21.7. The predicted octanol–water partition coefficient (Wildman–Crippen LogP) is 3.37. The second kappa shape index (κ2) is 48.9. The summed E-state index contributed by atoms with van der Waals surface area (Å²) in [5.41, 5.74) is -0.0367. The number of imide groups is 1. The summed E-state index contributed by atoms with van der Waals surface area (Å²) in [6, 6.07) is 10.6. The molecule has 5 aromatic rings. The molecule has 0 radical (unpaired) electrons. The van der Waals surface area contributed by atoms with Crippen molar-refractivity contribution in [2.75, 3.05) is 150 Å². The molecular formula is C75H104N14O28P2S2. The molecule has 8 N–H and O–H groups in total. The van der Waals surface area contributed by atoms with Gasteiger partial charge in [-0.1, -0.05) is 68.7 Å². The minimum absolute atomic E-state index is 0.0137. The van der Waals surface area contributed by atoms with E-state index in [9.17, 15) is 62.2 Å². The topological polar surface area (TPSA) is 514 Å². The molecule has 12 atom stereocenters. The van der Waals surface area contributed by atoms with Crippen molar-refractivity contribution in [3.8, 4) is 5.88 Å². The highest BCUT2D eigenvalue weighted by atomic mass is 32.7. The van der Waals surface area contributed by atoms with E-state index in [0.717, 1.165) is 23.4 Å². The number of hydrogen-bond acceptors (Lipinski definition) is 32. The number of carbonyl (C=O) groups excluding carboxylic acids is 9. The number of carbonyl (C=O) groups is 9. The first-order valence-electron chi connectivity index (χ1n) is 39.1. The number of benzene rings is 2. The summed E-state index contributed by atoms with van der Waals surface area (Å²) in [6.07, 6.45) is -1.16. The lowest BCUT2D eigenvalue weighted by molar-refractivity contribution is -0.141. The predicted molar refractivity (Wildman–Crippen MR) is 434 cm³/mol. The molecule has 9 rings (SSSR count). The number of unbranched alkanes of at least 4 members (excludes halogenated alkanes) is 1. The number of H-pyrrole nitrogens is 1. The second-order valence-electron chi connectivity index (χ2n) is 28.3. The van der Waals surface area contributed by atoms with Gasteiger partial charge < -0.3 is 93.2 Å². The molecule has 3 aromatic heterocycles. The Labute approximate surface area is 706 Å². The van der Waals surface area contributed by atoms with Crippen molar-refractivity contribution in [3.63, 3.8) is 0 Å². The Morgan fingerprint density at radius 1 is 0.702 bits per heavy atom. The van der Waals surface area contributed by atoms with Crippen molar-refractivity contribution in [1.29, 1.82) is 0 Å². The Kier molecular flexibility index (Phi) is 38.8. The Balaban J connectivity index is 0.705. The lowest BCUT2D eigenvalue weighted by atomic mass is 10.0. The quantitative estimate of drug-likeness (QED) is 0.0115. The van der Waals surface area contributed by atoms with Crippen LogP contribution in [0.5, 0.6) is 5.88 Å². The van der Waals surface area contributed by atoms with Crippen LogP contribution < -0.4 is 42.2 Å². The minimum atomic E-state index is -4.41. The summed E-state index contributed by atoms with van der Waals surface area (Å²) in [5, 5.41) is 27.7. The number of aromatic nitrogens is 6. The molecule has 0 unspecified atom stereocenters. The second-order valence-corrected chi connectivity index (χ2v) is 34.1. The van der Waals surface area contributed by atoms with Gasteiger partial charge in [0.25, 0.3) is 23.3 Å². The van der Waals surface area contributed by atoms with Gasteiger partial charge in [-0.25, -0.2) is 28.9 Å². The first-order chi connectivity index (χ1) is 58.1. The summed E-state index contributed by atoms with van der Waals surface area (Å²) >= 11 is 8.45. The molecule has 1 saturated carbocycles. The molecular weight excluding hydrogens is 1670 g/mol. The number of thiol groups is 2. The maximum atomic E-state index is 14.1. The third-order valence-electron chi connectivity index (χ3n) is 18.9. The maximum absolute atomic E-state index is 14.1. The molecule has 42 nitrogen and oxygen atoms in total. The van der Waals surface area contributed by atoms with Gasteiger partial charge in [0.2, 0.25) is 41.4 Å². The van der Waals surface area contributed by atoms with Crippen molar-refractivity contribution in [3.05, 3.63) is 113 Å². The number of anilines is 2. The van der Waals surface area contributed by atoms with Crippen LogP contribution in [-0.2, 0) is 121 Å². The van der Waals surface area contributed by atoms with Crippen LogP contribution in [0.4, 0.5) is 16.4 Å². The number of nitrogens with one attached hydrogen (secondary N) is 7. The van der Waals surface area contributed by atoms with Gasteiger partial charge in [0.05, 0.1) is 125 Å². The van der Waals surface area contributed by atoms with E-state index in [0.29, 0.717) is 109 Å². The number of nitrogens with zero attached hydrogens (tertiary/aromatic N) is 7. The molecule has 0 spiro atoms. The van der Waals surface area contributed by atoms with E-state index in [1.807, 2.05) is 0 Å². The van der Waals surface area contributed by atoms with Crippen LogP contribution in [-0.4, -0.2) is 286 Å². The number of fused-ring (bicyclic) bond motifs is 4. The first kappa shape index (κ1) is 96.1. The van der Waals surface area contributed by atoms with Crippen LogP contribution in [0.25, 0.3) is 11.2 Å². The number of amides is 9. The van der Waals surface area contributed by atoms with Gasteiger partial charge >= 0.3 is 19.7 Å². The molecule has 3 aliphatic heterocycles. The van der Waals surface area contributed by atoms with Crippen molar-refractivity contribution < 1.29 is 128 Å². The highest BCUT2D eigenvalue weighted by Crippen LogP contribution is 2.60. The van der Waals surface area contributed by atoms with E-state index in [-0.39, 0.29) is 100 Å². The van der Waals surface area contributed by atoms with Gasteiger partial charge in [-0.3, -0.25) is 76.5 Å². The van der Waals surface area contributed by atoms with E-state index < -0.39 is 152 Å². The van der Waals surface area contributed by atoms with Crippen molar-refractivity contribution in [2.24, 2.45) is 11.8 Å². The zero-order valence-electron chi connectivity index (χ0n) is 67.4. The number of hydrogen-bond donors (Lipinski definition) is 10. The Bertz CT molecular complexity index is 4430. The van der Waals surface area contributed by atoms with Crippen LogP contribution >= 0.6 is 38.1 Å². The van der Waals surface area contributed by atoms with Gasteiger partial charge in [0.1, 0.15) is 62.0 Å². The van der Waals surface area contributed by atoms with Crippen molar-refractivity contribution >= 4 is 114 Å². The molecule has 1 aliphatic carbocycles. The number of ether oxygens (including phenoxy) is 11. The molecule has 2 saturated heterocycles. The summed E-state index contributed by atoms with van der Waals surface area (Å²) < 4.78 is 113.